The summed E-state index contributed by atoms with van der Waals surface area (Å²) in [5.41, 5.74) is 1.09. The van der Waals surface area contributed by atoms with Gasteiger partial charge in [-0.15, -0.1) is 0 Å². The molecule has 0 aliphatic rings. The Bertz CT molecular complexity index is 402. The van der Waals surface area contributed by atoms with Crippen molar-refractivity contribution in [1.82, 2.24) is 20.0 Å². The van der Waals surface area contributed by atoms with Crippen molar-refractivity contribution in [2.45, 2.75) is 46.7 Å². The second-order valence-corrected chi connectivity index (χ2v) is 5.63. The molecule has 108 valence electrons. The lowest BCUT2D eigenvalue weighted by atomic mass is 10.1. The highest BCUT2D eigenvalue weighted by Gasteiger charge is 2.14. The fourth-order valence-corrected chi connectivity index (χ4v) is 1.82. The molecular formula is C14H26N4O. The lowest BCUT2D eigenvalue weighted by Gasteiger charge is -2.19. The van der Waals surface area contributed by atoms with Crippen LogP contribution in [0.3, 0.4) is 0 Å². The maximum atomic E-state index is 11.8. The first-order chi connectivity index (χ1) is 8.88. The fourth-order valence-electron chi connectivity index (χ4n) is 1.82. The van der Waals surface area contributed by atoms with Crippen molar-refractivity contribution in [3.05, 3.63) is 18.0 Å². The number of nitrogens with zero attached hydrogens (tertiary/aromatic N) is 3. The standard InChI is InChI=1S/C14H26N4O/c1-6-17(7-2)13(19)10-15-8-12-9-16-18(11-12)14(3,4)5/h9,11,15H,6-8,10H2,1-5H3. The third-order valence-corrected chi connectivity index (χ3v) is 3.04. The molecule has 0 aliphatic heterocycles. The largest absolute Gasteiger partial charge is 0.342 e. The molecule has 1 aromatic rings. The molecule has 1 heterocycles. The molecule has 0 bridgehead atoms. The molecule has 0 atom stereocenters. The summed E-state index contributed by atoms with van der Waals surface area (Å²) in [5.74, 6) is 0.146. The minimum Gasteiger partial charge on any atom is -0.342 e. The molecule has 0 spiro atoms. The van der Waals surface area contributed by atoms with Gasteiger partial charge in [0.2, 0.25) is 5.91 Å². The Labute approximate surface area is 116 Å². The van der Waals surface area contributed by atoms with Crippen LogP contribution in [0.1, 0.15) is 40.2 Å². The molecule has 1 N–H and O–H groups in total. The van der Waals surface area contributed by atoms with Crippen molar-refractivity contribution < 1.29 is 4.79 Å². The van der Waals surface area contributed by atoms with Gasteiger partial charge in [-0.2, -0.15) is 5.10 Å². The van der Waals surface area contributed by atoms with E-state index in [0.29, 0.717) is 13.1 Å². The zero-order valence-corrected chi connectivity index (χ0v) is 12.7. The first-order valence-corrected chi connectivity index (χ1v) is 6.91. The SMILES string of the molecule is CCN(CC)C(=O)CNCc1cnn(C(C)(C)C)c1. The second-order valence-electron chi connectivity index (χ2n) is 5.63. The van der Waals surface area contributed by atoms with Gasteiger partial charge in [0.25, 0.3) is 0 Å². The highest BCUT2D eigenvalue weighted by atomic mass is 16.2. The number of hydrogen-bond donors (Lipinski definition) is 1. The van der Waals surface area contributed by atoms with Gasteiger partial charge in [0.1, 0.15) is 0 Å². The Morgan fingerprint density at radius 3 is 2.47 bits per heavy atom. The van der Waals surface area contributed by atoms with E-state index in [0.717, 1.165) is 18.7 Å². The minimum atomic E-state index is -0.00467. The number of nitrogens with one attached hydrogen (secondary N) is 1. The second kappa shape index (κ2) is 6.70. The Morgan fingerprint density at radius 1 is 1.37 bits per heavy atom. The van der Waals surface area contributed by atoms with Gasteiger partial charge in [-0.25, -0.2) is 0 Å². The van der Waals surface area contributed by atoms with Crippen LogP contribution in [-0.2, 0) is 16.9 Å². The van der Waals surface area contributed by atoms with Gasteiger partial charge >= 0.3 is 0 Å². The quantitative estimate of drug-likeness (QED) is 0.851. The minimum absolute atomic E-state index is 0.00467. The molecule has 5 nitrogen and oxygen atoms in total. The van der Waals surface area contributed by atoms with Crippen LogP contribution >= 0.6 is 0 Å². The van der Waals surface area contributed by atoms with Crippen LogP contribution in [0.4, 0.5) is 0 Å². The zero-order chi connectivity index (χ0) is 14.5. The molecule has 5 heteroatoms. The molecule has 1 rings (SSSR count). The molecule has 0 aliphatic carbocycles. The summed E-state index contributed by atoms with van der Waals surface area (Å²) in [6.45, 7) is 12.9. The summed E-state index contributed by atoms with van der Waals surface area (Å²) in [6.07, 6.45) is 3.87. The summed E-state index contributed by atoms with van der Waals surface area (Å²) < 4.78 is 1.94. The van der Waals surface area contributed by atoms with Crippen molar-refractivity contribution in [3.63, 3.8) is 0 Å². The summed E-state index contributed by atoms with van der Waals surface area (Å²) in [5, 5.41) is 7.50. The van der Waals surface area contributed by atoms with Crippen molar-refractivity contribution in [3.8, 4) is 0 Å². The first-order valence-electron chi connectivity index (χ1n) is 6.91. The molecular weight excluding hydrogens is 240 g/mol. The van der Waals surface area contributed by atoms with Crippen molar-refractivity contribution in [2.24, 2.45) is 0 Å². The van der Waals surface area contributed by atoms with Crippen molar-refractivity contribution in [2.75, 3.05) is 19.6 Å². The van der Waals surface area contributed by atoms with E-state index in [1.54, 1.807) is 0 Å². The van der Waals surface area contributed by atoms with Crippen LogP contribution in [0.5, 0.6) is 0 Å². The van der Waals surface area contributed by atoms with Crippen LogP contribution in [0.15, 0.2) is 12.4 Å². The predicted octanol–water partition coefficient (Wildman–Crippen LogP) is 1.60. The summed E-state index contributed by atoms with van der Waals surface area (Å²) >= 11 is 0. The van der Waals surface area contributed by atoms with Gasteiger partial charge in [0.05, 0.1) is 18.3 Å². The zero-order valence-electron chi connectivity index (χ0n) is 12.7. The average Bonchev–Trinajstić information content (AvgIpc) is 2.79. The van der Waals surface area contributed by atoms with E-state index in [4.69, 9.17) is 0 Å². The number of amides is 1. The maximum Gasteiger partial charge on any atom is 0.236 e. The van der Waals surface area contributed by atoms with E-state index in [1.165, 1.54) is 0 Å². The van der Waals surface area contributed by atoms with Crippen LogP contribution in [0, 0.1) is 0 Å². The molecule has 0 unspecified atom stereocenters. The van der Waals surface area contributed by atoms with Gasteiger partial charge in [0.15, 0.2) is 0 Å². The molecule has 0 saturated heterocycles. The number of hydrogen-bond acceptors (Lipinski definition) is 3. The summed E-state index contributed by atoms with van der Waals surface area (Å²) in [4.78, 5) is 13.6. The molecule has 0 fully saturated rings. The monoisotopic (exact) mass is 266 g/mol. The van der Waals surface area contributed by atoms with Crippen molar-refractivity contribution >= 4 is 5.91 Å². The van der Waals surface area contributed by atoms with Gasteiger partial charge < -0.3 is 10.2 Å². The van der Waals surface area contributed by atoms with E-state index in [-0.39, 0.29) is 11.4 Å². The topological polar surface area (TPSA) is 50.2 Å². The fraction of sp³-hybridized carbons (Fsp3) is 0.714. The molecule has 1 aromatic heterocycles. The van der Waals surface area contributed by atoms with Gasteiger partial charge in [-0.1, -0.05) is 0 Å². The Hall–Kier alpha value is -1.36. The normalized spacial score (nSPS) is 11.6. The Kier molecular flexibility index (Phi) is 5.54. The van der Waals surface area contributed by atoms with Crippen molar-refractivity contribution in [1.29, 1.82) is 0 Å². The third-order valence-electron chi connectivity index (χ3n) is 3.04. The molecule has 1 amide bonds. The third kappa shape index (κ3) is 4.67. The van der Waals surface area contributed by atoms with E-state index in [1.807, 2.05) is 35.8 Å². The van der Waals surface area contributed by atoms with E-state index >= 15 is 0 Å². The van der Waals surface area contributed by atoms with Gasteiger partial charge in [-0.3, -0.25) is 9.48 Å². The molecule has 0 saturated carbocycles. The van der Waals surface area contributed by atoms with E-state index in [2.05, 4.69) is 31.2 Å². The number of likely N-dealkylation sites (N-methyl/N-ethyl adjacent to an activating group) is 1. The molecule has 19 heavy (non-hydrogen) atoms. The highest BCUT2D eigenvalue weighted by molar-refractivity contribution is 5.78. The highest BCUT2D eigenvalue weighted by Crippen LogP contribution is 2.12. The predicted molar refractivity (Wildman–Crippen MR) is 76.9 cm³/mol. The summed E-state index contributed by atoms with van der Waals surface area (Å²) in [6, 6.07) is 0. The van der Waals surface area contributed by atoms with E-state index in [9.17, 15) is 4.79 Å². The number of carbonyl (C=O) groups is 1. The summed E-state index contributed by atoms with van der Waals surface area (Å²) in [7, 11) is 0. The number of rotatable bonds is 6. The lowest BCUT2D eigenvalue weighted by Crippen LogP contribution is -2.37. The van der Waals surface area contributed by atoms with Gasteiger partial charge in [0, 0.05) is 31.4 Å². The van der Waals surface area contributed by atoms with Gasteiger partial charge in [-0.05, 0) is 34.6 Å². The van der Waals surface area contributed by atoms with Crippen LogP contribution in [-0.4, -0.2) is 40.2 Å². The molecule has 0 aromatic carbocycles. The van der Waals surface area contributed by atoms with Crippen LogP contribution in [0.25, 0.3) is 0 Å². The average molecular weight is 266 g/mol. The van der Waals surface area contributed by atoms with E-state index < -0.39 is 0 Å². The first kappa shape index (κ1) is 15.7. The van der Waals surface area contributed by atoms with Crippen LogP contribution < -0.4 is 5.32 Å². The smallest absolute Gasteiger partial charge is 0.236 e. The number of aromatic nitrogens is 2. The Morgan fingerprint density at radius 2 is 2.00 bits per heavy atom. The Balaban J connectivity index is 2.41. The lowest BCUT2D eigenvalue weighted by molar-refractivity contribution is -0.129. The van der Waals surface area contributed by atoms with Crippen LogP contribution in [0.2, 0.25) is 0 Å². The maximum absolute atomic E-state index is 11.8. The molecule has 0 radical (unpaired) electrons. The number of carbonyl (C=O) groups excluding carboxylic acids is 1.